The van der Waals surface area contributed by atoms with Crippen LogP contribution in [0.2, 0.25) is 0 Å². The van der Waals surface area contributed by atoms with Crippen molar-refractivity contribution in [3.05, 3.63) is 11.3 Å². The van der Waals surface area contributed by atoms with Crippen LogP contribution in [0, 0.1) is 30.6 Å². The second-order valence-electron chi connectivity index (χ2n) is 2.93. The molecule has 0 bridgehead atoms. The predicted molar refractivity (Wildman–Crippen MR) is 54.6 cm³/mol. The molecule has 1 N–H and O–H groups in total. The van der Waals surface area contributed by atoms with Gasteiger partial charge in [-0.15, -0.1) is 12.3 Å². The maximum absolute atomic E-state index is 8.89. The van der Waals surface area contributed by atoms with Gasteiger partial charge in [0, 0.05) is 20.0 Å². The van der Waals surface area contributed by atoms with Crippen molar-refractivity contribution in [3.8, 4) is 18.4 Å². The average Bonchev–Trinajstić information content (AvgIpc) is 2.42. The zero-order valence-corrected chi connectivity index (χ0v) is 8.33. The fraction of sp³-hybridized carbons (Fsp3) is 0.400. The first kappa shape index (κ1) is 10.1. The average molecular weight is 188 g/mol. The molecule has 0 spiro atoms. The Hall–Kier alpha value is -1.94. The molecule has 14 heavy (non-hydrogen) atoms. The number of nitriles is 1. The fourth-order valence-corrected chi connectivity index (χ4v) is 1.25. The summed E-state index contributed by atoms with van der Waals surface area (Å²) in [5.74, 6) is 3.26. The molecule has 4 heteroatoms. The highest BCUT2D eigenvalue weighted by molar-refractivity contribution is 5.54. The summed E-state index contributed by atoms with van der Waals surface area (Å²) < 4.78 is 1.66. The Labute approximate surface area is 83.5 Å². The zero-order chi connectivity index (χ0) is 10.6. The maximum Gasteiger partial charge on any atom is 0.142 e. The topological polar surface area (TPSA) is 53.6 Å². The largest absolute Gasteiger partial charge is 0.368 e. The van der Waals surface area contributed by atoms with Gasteiger partial charge in [0.15, 0.2) is 0 Å². The molecule has 0 aromatic carbocycles. The number of nitrogens with zero attached hydrogens (tertiary/aromatic N) is 3. The lowest BCUT2D eigenvalue weighted by atomic mass is 10.2. The third-order valence-corrected chi connectivity index (χ3v) is 1.90. The van der Waals surface area contributed by atoms with Gasteiger partial charge in [0.2, 0.25) is 0 Å². The molecule has 1 aromatic heterocycles. The minimum atomic E-state index is 0.588. The number of aromatic nitrogens is 2. The summed E-state index contributed by atoms with van der Waals surface area (Å²) in [5, 5.41) is 16.1. The SMILES string of the molecule is C#CCCNc1c(C#N)c(C)nn1C. The summed E-state index contributed by atoms with van der Waals surface area (Å²) in [4.78, 5) is 0. The molecule has 0 radical (unpaired) electrons. The fourth-order valence-electron chi connectivity index (χ4n) is 1.25. The Morgan fingerprint density at radius 3 is 2.93 bits per heavy atom. The number of rotatable bonds is 3. The Balaban J connectivity index is 2.86. The van der Waals surface area contributed by atoms with Gasteiger partial charge in [-0.25, -0.2) is 0 Å². The van der Waals surface area contributed by atoms with Gasteiger partial charge in [-0.3, -0.25) is 4.68 Å². The first-order valence-corrected chi connectivity index (χ1v) is 4.31. The van der Waals surface area contributed by atoms with E-state index in [-0.39, 0.29) is 0 Å². The van der Waals surface area contributed by atoms with Crippen molar-refractivity contribution in [1.29, 1.82) is 5.26 Å². The van der Waals surface area contributed by atoms with Crippen molar-refractivity contribution in [2.75, 3.05) is 11.9 Å². The minimum Gasteiger partial charge on any atom is -0.368 e. The summed E-state index contributed by atoms with van der Waals surface area (Å²) in [6, 6.07) is 2.11. The van der Waals surface area contributed by atoms with Crippen LogP contribution in [-0.4, -0.2) is 16.3 Å². The van der Waals surface area contributed by atoms with Gasteiger partial charge in [-0.2, -0.15) is 10.4 Å². The van der Waals surface area contributed by atoms with Crippen molar-refractivity contribution in [2.45, 2.75) is 13.3 Å². The zero-order valence-electron chi connectivity index (χ0n) is 8.33. The highest BCUT2D eigenvalue weighted by Gasteiger charge is 2.11. The Bertz CT molecular complexity index is 403. The van der Waals surface area contributed by atoms with E-state index >= 15 is 0 Å². The van der Waals surface area contributed by atoms with Crippen molar-refractivity contribution in [1.82, 2.24) is 9.78 Å². The van der Waals surface area contributed by atoms with E-state index in [2.05, 4.69) is 22.4 Å². The van der Waals surface area contributed by atoms with Crippen molar-refractivity contribution < 1.29 is 0 Å². The van der Waals surface area contributed by atoms with Crippen LogP contribution in [0.1, 0.15) is 17.7 Å². The molecule has 0 saturated carbocycles. The van der Waals surface area contributed by atoms with Crippen LogP contribution in [0.25, 0.3) is 0 Å². The summed E-state index contributed by atoms with van der Waals surface area (Å²) in [7, 11) is 1.80. The van der Waals surface area contributed by atoms with Crippen LogP contribution in [-0.2, 0) is 7.05 Å². The summed E-state index contributed by atoms with van der Waals surface area (Å²) >= 11 is 0. The molecular formula is C10H12N4. The molecule has 1 aromatic rings. The smallest absolute Gasteiger partial charge is 0.142 e. The van der Waals surface area contributed by atoms with E-state index in [0.29, 0.717) is 18.5 Å². The van der Waals surface area contributed by atoms with Gasteiger partial charge in [-0.05, 0) is 6.92 Å². The van der Waals surface area contributed by atoms with E-state index in [0.717, 1.165) is 11.5 Å². The number of aryl methyl sites for hydroxylation is 2. The lowest BCUT2D eigenvalue weighted by Crippen LogP contribution is -2.06. The number of anilines is 1. The maximum atomic E-state index is 8.89. The second kappa shape index (κ2) is 4.34. The third-order valence-electron chi connectivity index (χ3n) is 1.90. The molecule has 0 unspecified atom stereocenters. The number of hydrogen-bond donors (Lipinski definition) is 1. The summed E-state index contributed by atoms with van der Waals surface area (Å²) in [6.07, 6.45) is 5.76. The number of nitrogens with one attached hydrogen (secondary N) is 1. The number of terminal acetylenes is 1. The van der Waals surface area contributed by atoms with E-state index < -0.39 is 0 Å². The third kappa shape index (κ3) is 1.86. The second-order valence-corrected chi connectivity index (χ2v) is 2.93. The molecule has 0 aliphatic heterocycles. The van der Waals surface area contributed by atoms with E-state index in [1.54, 1.807) is 11.7 Å². The molecule has 0 fully saturated rings. The van der Waals surface area contributed by atoms with Crippen molar-refractivity contribution in [2.24, 2.45) is 7.05 Å². The van der Waals surface area contributed by atoms with E-state index in [1.807, 2.05) is 6.92 Å². The molecule has 0 saturated heterocycles. The van der Waals surface area contributed by atoms with Crippen molar-refractivity contribution >= 4 is 5.82 Å². The van der Waals surface area contributed by atoms with Crippen LogP contribution >= 0.6 is 0 Å². The molecule has 0 aliphatic carbocycles. The Morgan fingerprint density at radius 1 is 1.64 bits per heavy atom. The van der Waals surface area contributed by atoms with Gasteiger partial charge in [0.25, 0.3) is 0 Å². The molecule has 0 aliphatic rings. The molecule has 4 nitrogen and oxygen atoms in total. The van der Waals surface area contributed by atoms with Gasteiger partial charge in [-0.1, -0.05) is 0 Å². The van der Waals surface area contributed by atoms with Crippen LogP contribution in [0.3, 0.4) is 0 Å². The normalized spacial score (nSPS) is 9.14. The lowest BCUT2D eigenvalue weighted by molar-refractivity contribution is 0.758. The van der Waals surface area contributed by atoms with E-state index in [1.165, 1.54) is 0 Å². The van der Waals surface area contributed by atoms with E-state index in [9.17, 15) is 0 Å². The molecule has 1 rings (SSSR count). The summed E-state index contributed by atoms with van der Waals surface area (Å²) in [5.41, 5.74) is 1.32. The standard InChI is InChI=1S/C10H12N4/c1-4-5-6-12-10-9(7-11)8(2)13-14(10)3/h1,12H,5-6H2,2-3H3. The highest BCUT2D eigenvalue weighted by atomic mass is 15.3. The van der Waals surface area contributed by atoms with Crippen LogP contribution in [0.15, 0.2) is 0 Å². The highest BCUT2D eigenvalue weighted by Crippen LogP contribution is 2.16. The Kier molecular flexibility index (Phi) is 3.14. The molecular weight excluding hydrogens is 176 g/mol. The van der Waals surface area contributed by atoms with Gasteiger partial charge < -0.3 is 5.32 Å². The summed E-state index contributed by atoms with van der Waals surface area (Å²) in [6.45, 7) is 2.47. The first-order valence-electron chi connectivity index (χ1n) is 4.31. The first-order chi connectivity index (χ1) is 6.70. The Morgan fingerprint density at radius 2 is 2.36 bits per heavy atom. The van der Waals surface area contributed by atoms with Crippen LogP contribution in [0.4, 0.5) is 5.82 Å². The van der Waals surface area contributed by atoms with Gasteiger partial charge in [0.1, 0.15) is 17.5 Å². The number of hydrogen-bond acceptors (Lipinski definition) is 3. The van der Waals surface area contributed by atoms with Gasteiger partial charge >= 0.3 is 0 Å². The molecule has 72 valence electrons. The minimum absolute atomic E-state index is 0.588. The monoisotopic (exact) mass is 188 g/mol. The van der Waals surface area contributed by atoms with Gasteiger partial charge in [0.05, 0.1) is 5.69 Å². The predicted octanol–water partition coefficient (Wildman–Crippen LogP) is 1.04. The van der Waals surface area contributed by atoms with E-state index in [4.69, 9.17) is 11.7 Å². The molecule has 0 atom stereocenters. The van der Waals surface area contributed by atoms with Crippen molar-refractivity contribution in [3.63, 3.8) is 0 Å². The van der Waals surface area contributed by atoms with Crippen LogP contribution in [0.5, 0.6) is 0 Å². The molecule has 1 heterocycles. The molecule has 0 amide bonds. The lowest BCUT2D eigenvalue weighted by Gasteiger charge is -2.03. The quantitative estimate of drug-likeness (QED) is 0.569. The van der Waals surface area contributed by atoms with Crippen LogP contribution < -0.4 is 5.32 Å².